The van der Waals surface area contributed by atoms with Crippen LogP contribution in [0.5, 0.6) is 0 Å². The van der Waals surface area contributed by atoms with Crippen molar-refractivity contribution in [1.82, 2.24) is 0 Å². The van der Waals surface area contributed by atoms with Crippen LogP contribution in [0.4, 0.5) is 0 Å². The Morgan fingerprint density at radius 1 is 1.29 bits per heavy atom. The summed E-state index contributed by atoms with van der Waals surface area (Å²) in [7, 11) is 4.25. The number of rotatable bonds is 0. The van der Waals surface area contributed by atoms with Crippen LogP contribution in [0.3, 0.4) is 0 Å². The van der Waals surface area contributed by atoms with E-state index in [-0.39, 0.29) is 0 Å². The van der Waals surface area contributed by atoms with Gasteiger partial charge in [0.25, 0.3) is 0 Å². The van der Waals surface area contributed by atoms with Gasteiger partial charge in [-0.2, -0.15) is 0 Å². The third-order valence-electron chi connectivity index (χ3n) is 0. The van der Waals surface area contributed by atoms with Crippen LogP contribution in [0.2, 0.25) is 0 Å². The van der Waals surface area contributed by atoms with Gasteiger partial charge in [0, 0.05) is 0 Å². The van der Waals surface area contributed by atoms with E-state index >= 15 is 0 Å². The molecule has 0 spiro atoms. The summed E-state index contributed by atoms with van der Waals surface area (Å²) in [5.74, 6) is 0. The van der Waals surface area contributed by atoms with Gasteiger partial charge in [0.2, 0.25) is 0 Å². The Labute approximate surface area is 61.3 Å². The Balaban J connectivity index is 0. The van der Waals surface area contributed by atoms with Gasteiger partial charge in [0.05, 0.1) is 0 Å². The fourth-order valence-electron chi connectivity index (χ4n) is 0. The van der Waals surface area contributed by atoms with E-state index in [1.807, 2.05) is 0 Å². The zero-order valence-electron chi connectivity index (χ0n) is 3.23. The van der Waals surface area contributed by atoms with Gasteiger partial charge >= 0.3 is 61.7 Å². The fourth-order valence-corrected chi connectivity index (χ4v) is 0. The Kier molecular flexibility index (Phi) is 8.39. The molecular formula is H2CdO4SSe. The molecule has 7 heteroatoms. The summed E-state index contributed by atoms with van der Waals surface area (Å²) < 4.78 is 31.9. The molecule has 0 aliphatic heterocycles. The first kappa shape index (κ1) is 11.0. The minimum atomic E-state index is -5.25. The number of hydrogen-bond donors (Lipinski definition) is 2. The van der Waals surface area contributed by atoms with Crippen LogP contribution in [-0.2, 0) is 31.4 Å². The zero-order chi connectivity index (χ0) is 6.50. The predicted octanol–water partition coefficient (Wildman–Crippen LogP) is -1.09. The van der Waals surface area contributed by atoms with Crippen LogP contribution in [0.25, 0.3) is 0 Å². The monoisotopic (exact) mass is 292 g/mol. The Morgan fingerprint density at radius 3 is 1.29 bits per heavy atom. The third-order valence-corrected chi connectivity index (χ3v) is 0. The van der Waals surface area contributed by atoms with Crippen molar-refractivity contribution < 1.29 is 39.7 Å². The van der Waals surface area contributed by atoms with Gasteiger partial charge in [-0.05, 0) is 0 Å². The van der Waals surface area contributed by atoms with Crippen LogP contribution < -0.4 is 0 Å². The maximum absolute atomic E-state index is 8.82. The Morgan fingerprint density at radius 2 is 1.29 bits per heavy atom. The molecule has 0 bridgehead atoms. The maximum atomic E-state index is 8.82. The van der Waals surface area contributed by atoms with Gasteiger partial charge in [-0.1, -0.05) is 0 Å². The van der Waals surface area contributed by atoms with Crippen molar-refractivity contribution in [3.8, 4) is 0 Å². The van der Waals surface area contributed by atoms with Crippen molar-refractivity contribution in [1.29, 1.82) is 0 Å². The fraction of sp³-hybridized carbons (Fsp3) is 0. The summed E-state index contributed by atoms with van der Waals surface area (Å²) in [4.78, 5) is 0. The summed E-state index contributed by atoms with van der Waals surface area (Å²) in [6, 6.07) is 0. The van der Waals surface area contributed by atoms with E-state index in [0.29, 0.717) is 0 Å². The molecule has 40 valence electrons. The molecular weight excluding hydrogens is 287 g/mol. The molecule has 0 amide bonds. The summed E-state index contributed by atoms with van der Waals surface area (Å²) in [6.45, 7) is 0. The summed E-state index contributed by atoms with van der Waals surface area (Å²) in [5, 5.41) is 0. The SMILES string of the molecule is O=[Se](=O)(O)O.[S]=[Cd]. The zero-order valence-corrected chi connectivity index (χ0v) is 9.80. The molecule has 0 atom stereocenters. The van der Waals surface area contributed by atoms with Crippen molar-refractivity contribution in [2.24, 2.45) is 0 Å². The normalized spacial score (nSPS) is 9.14. The van der Waals surface area contributed by atoms with E-state index in [0.717, 1.165) is 23.7 Å². The molecule has 0 aromatic heterocycles. The molecule has 0 radical (unpaired) electrons. The molecule has 0 fully saturated rings. The van der Waals surface area contributed by atoms with Crippen molar-refractivity contribution in [2.45, 2.75) is 0 Å². The van der Waals surface area contributed by atoms with Crippen LogP contribution in [0, 0.1) is 0 Å². The van der Waals surface area contributed by atoms with Gasteiger partial charge in [-0.15, -0.1) is 0 Å². The average molecular weight is 289 g/mol. The van der Waals surface area contributed by atoms with E-state index in [4.69, 9.17) is 16.0 Å². The minimum absolute atomic E-state index is 0.733. The first-order valence-electron chi connectivity index (χ1n) is 0.987. The van der Waals surface area contributed by atoms with Gasteiger partial charge in [0.1, 0.15) is 0 Å². The summed E-state index contributed by atoms with van der Waals surface area (Å²) in [6.07, 6.45) is 0. The van der Waals surface area contributed by atoms with E-state index < -0.39 is 13.4 Å². The molecule has 0 saturated heterocycles. The van der Waals surface area contributed by atoms with Gasteiger partial charge in [-0.25, -0.2) is 0 Å². The molecule has 0 aliphatic carbocycles. The second-order valence-corrected chi connectivity index (χ2v) is 2.33. The molecule has 0 aromatic rings. The van der Waals surface area contributed by atoms with Crippen LogP contribution >= 0.6 is 8.65 Å². The van der Waals surface area contributed by atoms with E-state index in [2.05, 4.69) is 8.65 Å². The molecule has 4 nitrogen and oxygen atoms in total. The standard InChI is InChI=1S/Cd.H2O4Se.S/c;1-5(2,3)4;/h;(H2,1,2,3,4);. The average Bonchev–Trinajstić information content (AvgIpc) is 1.36. The van der Waals surface area contributed by atoms with Crippen LogP contribution in [-0.4, -0.2) is 21.7 Å². The topological polar surface area (TPSA) is 74.6 Å². The first-order valence-corrected chi connectivity index (χ1v) is 9.44. The van der Waals surface area contributed by atoms with Gasteiger partial charge in [0.15, 0.2) is 0 Å². The Bertz CT molecular complexity index is 106. The molecule has 2 N–H and O–H groups in total. The summed E-state index contributed by atoms with van der Waals surface area (Å²) in [5.41, 5.74) is 0. The molecule has 0 aliphatic rings. The van der Waals surface area contributed by atoms with E-state index in [1.165, 1.54) is 0 Å². The molecule has 0 unspecified atom stereocenters. The van der Waals surface area contributed by atoms with Gasteiger partial charge in [-0.3, -0.25) is 0 Å². The van der Waals surface area contributed by atoms with Crippen molar-refractivity contribution in [3.63, 3.8) is 0 Å². The summed E-state index contributed by atoms with van der Waals surface area (Å²) >= 11 is -4.52. The predicted molar refractivity (Wildman–Crippen MR) is 19.2 cm³/mol. The van der Waals surface area contributed by atoms with Crippen molar-refractivity contribution >= 4 is 22.0 Å². The third kappa shape index (κ3) is 138. The molecule has 0 aromatic carbocycles. The van der Waals surface area contributed by atoms with Crippen LogP contribution in [0.15, 0.2) is 0 Å². The second-order valence-electron chi connectivity index (χ2n) is 0.448. The first-order chi connectivity index (χ1) is 3.00. The quantitative estimate of drug-likeness (QED) is 0.555. The van der Waals surface area contributed by atoms with Gasteiger partial charge < -0.3 is 0 Å². The van der Waals surface area contributed by atoms with E-state index in [9.17, 15) is 0 Å². The van der Waals surface area contributed by atoms with Crippen LogP contribution in [0.1, 0.15) is 0 Å². The molecule has 0 rings (SSSR count). The van der Waals surface area contributed by atoms with E-state index in [1.54, 1.807) is 0 Å². The number of hydrogen-bond acceptors (Lipinski definition) is 3. The van der Waals surface area contributed by atoms with Crippen molar-refractivity contribution in [3.05, 3.63) is 0 Å². The van der Waals surface area contributed by atoms with Crippen molar-refractivity contribution in [2.75, 3.05) is 0 Å². The molecule has 7 heavy (non-hydrogen) atoms. The molecule has 0 saturated carbocycles. The second kappa shape index (κ2) is 5.32. The Hall–Kier alpha value is 1.18. The molecule has 0 heterocycles.